The highest BCUT2D eigenvalue weighted by molar-refractivity contribution is 7.78. The summed E-state index contributed by atoms with van der Waals surface area (Å²) in [4.78, 5) is 0. The first-order chi connectivity index (χ1) is 7.66. The molecule has 0 spiro atoms. The van der Waals surface area contributed by atoms with E-state index >= 15 is 0 Å². The Morgan fingerprint density at radius 1 is 1.12 bits per heavy atom. The van der Waals surface area contributed by atoms with E-state index in [2.05, 4.69) is 19.1 Å². The number of thiocarbonyl (C=S) groups is 1. The molecule has 0 aromatic rings. The lowest BCUT2D eigenvalue weighted by molar-refractivity contribution is 0.0715. The number of isothiocyanates is 1. The van der Waals surface area contributed by atoms with Crippen molar-refractivity contribution in [3.8, 4) is 0 Å². The first kappa shape index (κ1) is 18.3. The van der Waals surface area contributed by atoms with Crippen LogP contribution in [0.25, 0.3) is 0 Å². The van der Waals surface area contributed by atoms with Gasteiger partial charge < -0.3 is 13.3 Å². The van der Waals surface area contributed by atoms with Gasteiger partial charge in [0, 0.05) is 25.9 Å². The van der Waals surface area contributed by atoms with Crippen molar-refractivity contribution >= 4 is 26.2 Å². The highest BCUT2D eigenvalue weighted by Crippen LogP contribution is 2.17. The van der Waals surface area contributed by atoms with Gasteiger partial charge in [0.15, 0.2) is 0 Å². The predicted octanol–water partition coefficient (Wildman–Crippen LogP) is 2.93. The van der Waals surface area contributed by atoms with Crippen LogP contribution in [0.15, 0.2) is 0 Å². The fraction of sp³-hybridized carbons (Fsp3) is 0.800. The third kappa shape index (κ3) is 9.15. The van der Waals surface area contributed by atoms with Crippen LogP contribution in [0.1, 0.15) is 27.2 Å². The minimum absolute atomic E-state index is 0.645. The largest absolute Gasteiger partial charge is 0.500 e. The molecule has 0 aliphatic carbocycles. The van der Waals surface area contributed by atoms with Crippen LogP contribution < -0.4 is 0 Å². The lowest BCUT2D eigenvalue weighted by Gasteiger charge is -2.27. The Kier molecular flexibility index (Phi) is 14.8. The first-order valence-electron chi connectivity index (χ1n) is 5.41. The van der Waals surface area contributed by atoms with Crippen molar-refractivity contribution in [2.75, 3.05) is 19.8 Å². The van der Waals surface area contributed by atoms with Gasteiger partial charge in [0.25, 0.3) is 0 Å². The lowest BCUT2D eigenvalue weighted by atomic mass is 10.6. The Hall–Kier alpha value is -0.103. The van der Waals surface area contributed by atoms with Gasteiger partial charge >= 0.3 is 8.80 Å². The van der Waals surface area contributed by atoms with E-state index in [1.54, 1.807) is 5.16 Å². The molecule has 0 aromatic heterocycles. The Bertz CT molecular complexity index is 157. The molecular formula is C10H22NO3SSi. The fourth-order valence-electron chi connectivity index (χ4n) is 1.22. The molecule has 0 aromatic carbocycles. The average molecular weight is 264 g/mol. The van der Waals surface area contributed by atoms with Crippen LogP contribution in [0, 0.1) is 12.3 Å². The molecule has 6 heteroatoms. The molecule has 0 rings (SSSR count). The van der Waals surface area contributed by atoms with Gasteiger partial charge in [-0.1, -0.05) is 6.92 Å². The van der Waals surface area contributed by atoms with Crippen molar-refractivity contribution in [2.24, 2.45) is 0 Å². The van der Waals surface area contributed by atoms with Crippen LogP contribution in [-0.4, -0.2) is 33.8 Å². The molecule has 0 fully saturated rings. The summed E-state index contributed by atoms with van der Waals surface area (Å²) < 4.78 is 16.8. The lowest BCUT2D eigenvalue weighted by Crippen LogP contribution is -2.45. The van der Waals surface area contributed by atoms with Crippen LogP contribution in [0.3, 0.4) is 0 Å². The number of hydrogen-bond donors (Lipinski definition) is 1. The Morgan fingerprint density at radius 3 is 1.62 bits per heavy atom. The predicted molar refractivity (Wildman–Crippen MR) is 70.7 cm³/mol. The number of hydrogen-bond acceptors (Lipinski definition) is 5. The van der Waals surface area contributed by atoms with Gasteiger partial charge in [0.1, 0.15) is 0 Å². The van der Waals surface area contributed by atoms with Gasteiger partial charge in [0.2, 0.25) is 0 Å². The molecule has 0 unspecified atom stereocenters. The molecular weight excluding hydrogens is 242 g/mol. The number of rotatable bonds is 8. The maximum atomic E-state index is 5.77. The summed E-state index contributed by atoms with van der Waals surface area (Å²) in [5.41, 5.74) is 0. The highest BCUT2D eigenvalue weighted by Gasteiger charge is 2.38. The summed E-state index contributed by atoms with van der Waals surface area (Å²) in [7, 11) is -2.36. The Balaban J connectivity index is 0. The smallest absolute Gasteiger partial charge is 0.374 e. The molecule has 0 aliphatic heterocycles. The molecule has 0 heterocycles. The van der Waals surface area contributed by atoms with Crippen LogP contribution >= 0.6 is 12.2 Å². The van der Waals surface area contributed by atoms with E-state index in [9.17, 15) is 0 Å². The van der Waals surface area contributed by atoms with Crippen LogP contribution in [-0.2, 0) is 13.3 Å². The van der Waals surface area contributed by atoms with E-state index in [0.717, 1.165) is 12.5 Å². The molecule has 1 N–H and O–H groups in total. The van der Waals surface area contributed by atoms with Crippen LogP contribution in [0.4, 0.5) is 0 Å². The van der Waals surface area contributed by atoms with E-state index in [1.165, 1.54) is 0 Å². The molecule has 1 radical (unpaired) electrons. The highest BCUT2D eigenvalue weighted by atomic mass is 32.1. The summed E-state index contributed by atoms with van der Waals surface area (Å²) in [6, 6.07) is 0.808. The molecule has 95 valence electrons. The minimum atomic E-state index is -2.36. The zero-order chi connectivity index (χ0) is 12.9. The van der Waals surface area contributed by atoms with E-state index in [-0.39, 0.29) is 0 Å². The zero-order valence-corrected chi connectivity index (χ0v) is 12.2. The topological polar surface area (TPSA) is 51.5 Å². The van der Waals surface area contributed by atoms with E-state index in [0.29, 0.717) is 19.8 Å². The molecule has 4 nitrogen and oxygen atoms in total. The standard InChI is InChI=1S/C9H21O3Si.CHNS/c1-5-9-13(10-6-2,11-7-3)12-8-4;2-1-3/h1,5-9H2,2-4H3;2H. The normalized spacial score (nSPS) is 10.2. The van der Waals surface area contributed by atoms with Gasteiger partial charge in [0.05, 0.1) is 5.16 Å². The van der Waals surface area contributed by atoms with Gasteiger partial charge in [-0.15, -0.1) is 0 Å². The van der Waals surface area contributed by atoms with Crippen molar-refractivity contribution < 1.29 is 13.3 Å². The Morgan fingerprint density at radius 2 is 1.44 bits per heavy atom. The van der Waals surface area contributed by atoms with Crippen molar-refractivity contribution in [1.82, 2.24) is 0 Å². The van der Waals surface area contributed by atoms with E-state index in [1.807, 2.05) is 20.8 Å². The van der Waals surface area contributed by atoms with E-state index in [4.69, 9.17) is 18.7 Å². The second-order valence-corrected chi connectivity index (χ2v) is 5.62. The molecule has 0 saturated heterocycles. The molecule has 0 aliphatic rings. The van der Waals surface area contributed by atoms with Crippen molar-refractivity contribution in [1.29, 1.82) is 5.41 Å². The second-order valence-electron chi connectivity index (χ2n) is 2.69. The number of nitrogens with one attached hydrogen (secondary N) is 1. The summed E-state index contributed by atoms with van der Waals surface area (Å²) in [5, 5.41) is 7.36. The summed E-state index contributed by atoms with van der Waals surface area (Å²) in [5.74, 6) is 0. The molecule has 0 bridgehead atoms. The molecule has 0 amide bonds. The summed E-state index contributed by atoms with van der Waals surface area (Å²) in [6.45, 7) is 11.6. The SMILES string of the molecule is N=C=S.[CH2]CC[Si](OCC)(OCC)OCC. The summed E-state index contributed by atoms with van der Waals surface area (Å²) >= 11 is 3.81. The average Bonchev–Trinajstić information content (AvgIpc) is 2.20. The van der Waals surface area contributed by atoms with Gasteiger partial charge in [-0.3, -0.25) is 0 Å². The van der Waals surface area contributed by atoms with Crippen LogP contribution in [0.5, 0.6) is 0 Å². The zero-order valence-electron chi connectivity index (χ0n) is 10.4. The molecule has 16 heavy (non-hydrogen) atoms. The third-order valence-corrected chi connectivity index (χ3v) is 4.73. The van der Waals surface area contributed by atoms with E-state index < -0.39 is 8.80 Å². The van der Waals surface area contributed by atoms with Crippen molar-refractivity contribution in [2.45, 2.75) is 33.2 Å². The summed E-state index contributed by atoms with van der Waals surface area (Å²) in [6.07, 6.45) is 0.798. The van der Waals surface area contributed by atoms with Crippen LogP contribution in [0.2, 0.25) is 6.04 Å². The molecule has 0 atom stereocenters. The van der Waals surface area contributed by atoms with Gasteiger partial charge in [-0.2, -0.15) is 0 Å². The van der Waals surface area contributed by atoms with Gasteiger partial charge in [-0.05, 0) is 39.4 Å². The maximum Gasteiger partial charge on any atom is 0.500 e. The second kappa shape index (κ2) is 13.0. The third-order valence-electron chi connectivity index (χ3n) is 1.58. The monoisotopic (exact) mass is 264 g/mol. The first-order valence-corrected chi connectivity index (χ1v) is 7.75. The fourth-order valence-corrected chi connectivity index (χ4v) is 3.65. The maximum absolute atomic E-state index is 5.77. The quantitative estimate of drug-likeness (QED) is 0.416. The molecule has 0 saturated carbocycles. The minimum Gasteiger partial charge on any atom is -0.374 e. The van der Waals surface area contributed by atoms with Crippen molar-refractivity contribution in [3.63, 3.8) is 0 Å². The van der Waals surface area contributed by atoms with Gasteiger partial charge in [-0.25, -0.2) is 5.41 Å². The van der Waals surface area contributed by atoms with Crippen molar-refractivity contribution in [3.05, 3.63) is 6.92 Å². The Labute approximate surface area is 105 Å².